The van der Waals surface area contributed by atoms with E-state index in [4.69, 9.17) is 0 Å². The highest BCUT2D eigenvalue weighted by Gasteiger charge is 2.35. The third kappa shape index (κ3) is 3.80. The Bertz CT molecular complexity index is 513. The Kier molecular flexibility index (Phi) is 5.09. The van der Waals surface area contributed by atoms with E-state index in [1.807, 2.05) is 20.8 Å². The first-order chi connectivity index (χ1) is 9.66. The van der Waals surface area contributed by atoms with Crippen molar-refractivity contribution in [3.63, 3.8) is 0 Å². The zero-order chi connectivity index (χ0) is 16.3. The van der Waals surface area contributed by atoms with E-state index in [1.165, 1.54) is 0 Å². The molecule has 0 radical (unpaired) electrons. The highest BCUT2D eigenvalue weighted by molar-refractivity contribution is 5.90. The van der Waals surface area contributed by atoms with Crippen LogP contribution in [-0.2, 0) is 10.2 Å². The average Bonchev–Trinajstić information content (AvgIpc) is 2.89. The number of aromatic nitrogens is 3. The summed E-state index contributed by atoms with van der Waals surface area (Å²) in [5, 5.41) is 18.6. The summed E-state index contributed by atoms with van der Waals surface area (Å²) in [6.45, 7) is 9.53. The van der Waals surface area contributed by atoms with Gasteiger partial charge in [0.05, 0.1) is 5.41 Å². The lowest BCUT2D eigenvalue weighted by atomic mass is 9.82. The average molecular weight is 296 g/mol. The van der Waals surface area contributed by atoms with Crippen molar-refractivity contribution in [3.05, 3.63) is 11.6 Å². The van der Waals surface area contributed by atoms with E-state index in [0.717, 1.165) is 0 Å². The number of rotatable bonds is 6. The van der Waals surface area contributed by atoms with Crippen LogP contribution in [0.15, 0.2) is 0 Å². The molecule has 0 saturated heterocycles. The van der Waals surface area contributed by atoms with Gasteiger partial charge in [0.25, 0.3) is 5.91 Å². The molecule has 1 aromatic rings. The number of carboxylic acid groups (broad SMARTS) is 1. The largest absolute Gasteiger partial charge is 0.481 e. The zero-order valence-corrected chi connectivity index (χ0v) is 13.3. The Balaban J connectivity index is 2.78. The van der Waals surface area contributed by atoms with Gasteiger partial charge in [-0.15, -0.1) is 5.10 Å². The molecule has 0 bridgehead atoms. The standard InChI is InChI=1S/C14H24N4O3/c1-6-14(7-2,12(20)21)8-15-10(19)9-16-11(18-17-9)13(3,4)5/h6-8H2,1-5H3,(H,15,19)(H,20,21)(H,16,17,18). The second-order valence-electron chi connectivity index (χ2n) is 6.23. The van der Waals surface area contributed by atoms with Crippen molar-refractivity contribution in [2.75, 3.05) is 6.54 Å². The quantitative estimate of drug-likeness (QED) is 0.740. The van der Waals surface area contributed by atoms with Gasteiger partial charge < -0.3 is 10.4 Å². The van der Waals surface area contributed by atoms with Gasteiger partial charge in [0.2, 0.25) is 5.82 Å². The summed E-state index contributed by atoms with van der Waals surface area (Å²) in [5.41, 5.74) is -1.18. The van der Waals surface area contributed by atoms with Gasteiger partial charge >= 0.3 is 5.97 Å². The minimum atomic E-state index is -0.946. The predicted molar refractivity (Wildman–Crippen MR) is 78.1 cm³/mol. The second kappa shape index (κ2) is 6.24. The molecule has 0 saturated carbocycles. The summed E-state index contributed by atoms with van der Waals surface area (Å²) in [4.78, 5) is 27.6. The van der Waals surface area contributed by atoms with Gasteiger partial charge in [0, 0.05) is 12.0 Å². The lowest BCUT2D eigenvalue weighted by Crippen LogP contribution is -2.42. The summed E-state index contributed by atoms with van der Waals surface area (Å²) in [5.74, 6) is -0.720. The predicted octanol–water partition coefficient (Wildman–Crippen LogP) is 1.72. The Hall–Kier alpha value is -1.92. The molecule has 3 N–H and O–H groups in total. The van der Waals surface area contributed by atoms with Crippen molar-refractivity contribution < 1.29 is 14.7 Å². The summed E-state index contributed by atoms with van der Waals surface area (Å²) in [6.07, 6.45) is 0.890. The molecule has 0 atom stereocenters. The first-order valence-corrected chi connectivity index (χ1v) is 7.10. The van der Waals surface area contributed by atoms with Crippen LogP contribution in [-0.4, -0.2) is 38.7 Å². The molecule has 1 heterocycles. The molecule has 0 aliphatic carbocycles. The number of nitrogens with one attached hydrogen (secondary N) is 2. The number of nitrogens with zero attached hydrogens (tertiary/aromatic N) is 2. The smallest absolute Gasteiger partial charge is 0.311 e. The maximum atomic E-state index is 12.0. The van der Waals surface area contributed by atoms with E-state index in [2.05, 4.69) is 20.5 Å². The van der Waals surface area contributed by atoms with Crippen LogP contribution in [0.25, 0.3) is 0 Å². The fourth-order valence-electron chi connectivity index (χ4n) is 1.91. The van der Waals surface area contributed by atoms with Crippen molar-refractivity contribution in [1.29, 1.82) is 0 Å². The number of carboxylic acids is 1. The van der Waals surface area contributed by atoms with Gasteiger partial charge in [-0.05, 0) is 12.8 Å². The summed E-state index contributed by atoms with van der Waals surface area (Å²) >= 11 is 0. The number of H-pyrrole nitrogens is 1. The molecule has 0 unspecified atom stereocenters. The topological polar surface area (TPSA) is 108 Å². The lowest BCUT2D eigenvalue weighted by Gasteiger charge is -2.26. The van der Waals surface area contributed by atoms with Crippen molar-refractivity contribution >= 4 is 11.9 Å². The van der Waals surface area contributed by atoms with Gasteiger partial charge in [-0.2, -0.15) is 0 Å². The van der Waals surface area contributed by atoms with Gasteiger partial charge in [-0.3, -0.25) is 14.7 Å². The van der Waals surface area contributed by atoms with Crippen LogP contribution < -0.4 is 5.32 Å². The van der Waals surface area contributed by atoms with Crippen molar-refractivity contribution in [3.8, 4) is 0 Å². The van der Waals surface area contributed by atoms with Gasteiger partial charge in [-0.1, -0.05) is 34.6 Å². The maximum Gasteiger partial charge on any atom is 0.311 e. The monoisotopic (exact) mass is 296 g/mol. The van der Waals surface area contributed by atoms with Crippen LogP contribution in [0.3, 0.4) is 0 Å². The minimum absolute atomic E-state index is 0.0337. The van der Waals surface area contributed by atoms with Crippen LogP contribution in [0.5, 0.6) is 0 Å². The molecular weight excluding hydrogens is 272 g/mol. The number of aromatic amines is 1. The third-order valence-corrected chi connectivity index (χ3v) is 3.79. The second-order valence-corrected chi connectivity index (χ2v) is 6.23. The number of aliphatic carboxylic acids is 1. The molecule has 7 heteroatoms. The molecule has 0 aliphatic rings. The SMILES string of the molecule is CCC(CC)(CNC(=O)c1n[nH]c(C(C)(C)C)n1)C(=O)O. The van der Waals surface area contributed by atoms with Crippen LogP contribution in [0.4, 0.5) is 0 Å². The Morgan fingerprint density at radius 3 is 2.19 bits per heavy atom. The van der Waals surface area contributed by atoms with E-state index in [1.54, 1.807) is 13.8 Å². The summed E-state index contributed by atoms with van der Waals surface area (Å²) < 4.78 is 0. The van der Waals surface area contributed by atoms with Crippen molar-refractivity contribution in [1.82, 2.24) is 20.5 Å². The molecule has 0 fully saturated rings. The molecule has 1 rings (SSSR count). The highest BCUT2D eigenvalue weighted by atomic mass is 16.4. The Morgan fingerprint density at radius 2 is 1.81 bits per heavy atom. The number of carbonyl (C=O) groups excluding carboxylic acids is 1. The van der Waals surface area contributed by atoms with Gasteiger partial charge in [0.1, 0.15) is 5.82 Å². The van der Waals surface area contributed by atoms with E-state index in [-0.39, 0.29) is 17.8 Å². The molecule has 7 nitrogen and oxygen atoms in total. The highest BCUT2D eigenvalue weighted by Crippen LogP contribution is 2.25. The number of hydrogen-bond donors (Lipinski definition) is 3. The van der Waals surface area contributed by atoms with E-state index in [0.29, 0.717) is 18.7 Å². The molecule has 0 aliphatic heterocycles. The Morgan fingerprint density at radius 1 is 1.24 bits per heavy atom. The van der Waals surface area contributed by atoms with Crippen LogP contribution in [0, 0.1) is 5.41 Å². The molecular formula is C14H24N4O3. The first kappa shape index (κ1) is 17.1. The number of amides is 1. The zero-order valence-electron chi connectivity index (χ0n) is 13.3. The van der Waals surface area contributed by atoms with E-state index < -0.39 is 17.3 Å². The van der Waals surface area contributed by atoms with Crippen molar-refractivity contribution in [2.24, 2.45) is 5.41 Å². The molecule has 1 aromatic heterocycles. The maximum absolute atomic E-state index is 12.0. The summed E-state index contributed by atoms with van der Waals surface area (Å²) in [6, 6.07) is 0. The fraction of sp³-hybridized carbons (Fsp3) is 0.714. The molecule has 118 valence electrons. The van der Waals surface area contributed by atoms with E-state index >= 15 is 0 Å². The van der Waals surface area contributed by atoms with Crippen molar-refractivity contribution in [2.45, 2.75) is 52.9 Å². The van der Waals surface area contributed by atoms with Crippen LogP contribution in [0.1, 0.15) is 63.9 Å². The molecule has 0 aromatic carbocycles. The van der Waals surface area contributed by atoms with E-state index in [9.17, 15) is 14.7 Å². The fourth-order valence-corrected chi connectivity index (χ4v) is 1.91. The summed E-state index contributed by atoms with van der Waals surface area (Å²) in [7, 11) is 0. The lowest BCUT2D eigenvalue weighted by molar-refractivity contribution is -0.149. The number of carbonyl (C=O) groups is 2. The molecule has 1 amide bonds. The minimum Gasteiger partial charge on any atom is -0.481 e. The Labute approximate surface area is 124 Å². The molecule has 21 heavy (non-hydrogen) atoms. The number of hydrogen-bond acceptors (Lipinski definition) is 4. The van der Waals surface area contributed by atoms with Crippen LogP contribution in [0.2, 0.25) is 0 Å². The third-order valence-electron chi connectivity index (χ3n) is 3.79. The first-order valence-electron chi connectivity index (χ1n) is 7.10. The normalized spacial score (nSPS) is 12.2. The molecule has 0 spiro atoms. The van der Waals surface area contributed by atoms with Gasteiger partial charge in [-0.25, -0.2) is 4.98 Å². The van der Waals surface area contributed by atoms with Gasteiger partial charge in [0.15, 0.2) is 0 Å². The van der Waals surface area contributed by atoms with Crippen LogP contribution >= 0.6 is 0 Å².